The molecule has 1 atom stereocenters. The Morgan fingerprint density at radius 1 is 1.19 bits per heavy atom. The molecule has 2 aliphatic heterocycles. The minimum atomic E-state index is -5.08. The van der Waals surface area contributed by atoms with Crippen LogP contribution in [0.3, 0.4) is 0 Å². The van der Waals surface area contributed by atoms with Crippen molar-refractivity contribution in [2.75, 3.05) is 19.8 Å². The number of carbonyl (C=O) groups excluding carboxylic acids is 1. The molecule has 174 valence electrons. The minimum Gasteiger partial charge on any atom is -0.475 e. The van der Waals surface area contributed by atoms with Gasteiger partial charge in [0.2, 0.25) is 5.91 Å². The van der Waals surface area contributed by atoms with Gasteiger partial charge in [-0.15, -0.1) is 0 Å². The average Bonchev–Trinajstić information content (AvgIpc) is 3.37. The largest absolute Gasteiger partial charge is 0.490 e. The fourth-order valence-electron chi connectivity index (χ4n) is 4.54. The van der Waals surface area contributed by atoms with Crippen LogP contribution in [0.4, 0.5) is 13.2 Å². The Labute approximate surface area is 178 Å². The summed E-state index contributed by atoms with van der Waals surface area (Å²) >= 11 is 0. The Morgan fingerprint density at radius 2 is 1.81 bits per heavy atom. The maximum atomic E-state index is 13.0. The van der Waals surface area contributed by atoms with E-state index in [1.165, 1.54) is 12.8 Å². The molecule has 4 rings (SSSR count). The van der Waals surface area contributed by atoms with Gasteiger partial charge in [0.15, 0.2) is 0 Å². The lowest BCUT2D eigenvalue weighted by Crippen LogP contribution is -2.48. The van der Waals surface area contributed by atoms with E-state index in [1.54, 1.807) is 0 Å². The highest BCUT2D eigenvalue weighted by molar-refractivity contribution is 5.84. The molecule has 0 radical (unpaired) electrons. The lowest BCUT2D eigenvalue weighted by molar-refractivity contribution is -0.192. The first-order valence-electron chi connectivity index (χ1n) is 10.6. The predicted octanol–water partition coefficient (Wildman–Crippen LogP) is 2.19. The molecule has 2 fully saturated rings. The van der Waals surface area contributed by atoms with E-state index in [1.807, 2.05) is 17.9 Å². The molecule has 1 amide bonds. The fourth-order valence-corrected chi connectivity index (χ4v) is 4.54. The van der Waals surface area contributed by atoms with E-state index in [2.05, 4.69) is 15.2 Å². The van der Waals surface area contributed by atoms with E-state index in [0.717, 1.165) is 63.4 Å². The highest BCUT2D eigenvalue weighted by atomic mass is 19.4. The predicted molar refractivity (Wildman–Crippen MR) is 104 cm³/mol. The third kappa shape index (κ3) is 5.97. The third-order valence-corrected chi connectivity index (χ3v) is 6.13. The summed E-state index contributed by atoms with van der Waals surface area (Å²) in [5.41, 5.74) is 2.18. The van der Waals surface area contributed by atoms with Gasteiger partial charge in [0, 0.05) is 45.4 Å². The number of aryl methyl sites for hydroxylation is 1. The maximum absolute atomic E-state index is 13.0. The summed E-state index contributed by atoms with van der Waals surface area (Å²) in [7, 11) is 2.01. The number of aromatic nitrogens is 2. The normalized spacial score (nSPS) is 23.0. The number of carboxylic acid groups (broad SMARTS) is 1. The second-order valence-electron chi connectivity index (χ2n) is 8.31. The molecule has 2 N–H and O–H groups in total. The number of ether oxygens (including phenoxy) is 1. The van der Waals surface area contributed by atoms with Crippen molar-refractivity contribution in [3.05, 3.63) is 17.7 Å². The number of halogens is 3. The average molecular weight is 446 g/mol. The topological polar surface area (TPSA) is 96.7 Å². The summed E-state index contributed by atoms with van der Waals surface area (Å²) in [4.78, 5) is 28.9. The number of alkyl halides is 3. The van der Waals surface area contributed by atoms with Crippen LogP contribution in [0, 0.1) is 0 Å². The molecule has 1 aliphatic carbocycles. The summed E-state index contributed by atoms with van der Waals surface area (Å²) in [6.45, 7) is 3.31. The molecule has 31 heavy (non-hydrogen) atoms. The van der Waals surface area contributed by atoms with Gasteiger partial charge in [0.05, 0.1) is 23.6 Å². The summed E-state index contributed by atoms with van der Waals surface area (Å²) in [6, 6.07) is 0.878. The number of nitrogens with zero attached hydrogens (tertiary/aromatic N) is 3. The maximum Gasteiger partial charge on any atom is 0.490 e. The Morgan fingerprint density at radius 3 is 2.39 bits per heavy atom. The summed E-state index contributed by atoms with van der Waals surface area (Å²) in [6.07, 6.45) is 3.61. The lowest BCUT2D eigenvalue weighted by atomic mass is 9.94. The fraction of sp³-hybridized carbons (Fsp3) is 0.750. The molecule has 1 unspecified atom stereocenters. The number of carbonyl (C=O) groups is 2. The zero-order chi connectivity index (χ0) is 22.6. The Kier molecular flexibility index (Phi) is 7.58. The molecule has 3 aliphatic rings. The monoisotopic (exact) mass is 446 g/mol. The quantitative estimate of drug-likeness (QED) is 0.739. The summed E-state index contributed by atoms with van der Waals surface area (Å²) < 4.78 is 39.3. The van der Waals surface area contributed by atoms with E-state index in [-0.39, 0.29) is 11.8 Å². The van der Waals surface area contributed by atoms with Gasteiger partial charge >= 0.3 is 12.1 Å². The van der Waals surface area contributed by atoms with Crippen molar-refractivity contribution in [3.63, 3.8) is 0 Å². The standard InChI is InChI=1S/C18H28N4O2.C2HF3O2/c1-21-12-19-16-11-22(14-6-8-24-9-7-14)10-15(17(16)21)18(23)20-13-4-2-3-5-13;3-2(4,5)1(6)7/h12-15H,2-11H2,1H3,(H,20,23);(H,6,7). The molecule has 11 heteroatoms. The Hall–Kier alpha value is -2.14. The zero-order valence-electron chi connectivity index (χ0n) is 17.5. The number of nitrogens with one attached hydrogen (secondary N) is 1. The molecule has 0 spiro atoms. The van der Waals surface area contributed by atoms with Crippen LogP contribution < -0.4 is 5.32 Å². The molecule has 1 saturated heterocycles. The summed E-state index contributed by atoms with van der Waals surface area (Å²) in [5, 5.41) is 10.4. The van der Waals surface area contributed by atoms with Gasteiger partial charge in [-0.25, -0.2) is 9.78 Å². The van der Waals surface area contributed by atoms with Crippen LogP contribution in [-0.2, 0) is 27.9 Å². The molecule has 0 aromatic carbocycles. The van der Waals surface area contributed by atoms with Crippen molar-refractivity contribution < 1.29 is 32.6 Å². The number of carboxylic acids is 1. The molecule has 1 aromatic rings. The van der Waals surface area contributed by atoms with Crippen LogP contribution in [0.15, 0.2) is 6.33 Å². The summed E-state index contributed by atoms with van der Waals surface area (Å²) in [5.74, 6) is -2.68. The second kappa shape index (κ2) is 9.99. The van der Waals surface area contributed by atoms with Crippen LogP contribution in [0.25, 0.3) is 0 Å². The van der Waals surface area contributed by atoms with Gasteiger partial charge in [0.1, 0.15) is 0 Å². The number of rotatable bonds is 3. The second-order valence-corrected chi connectivity index (χ2v) is 8.31. The van der Waals surface area contributed by atoms with Crippen LogP contribution in [-0.4, -0.2) is 69.5 Å². The van der Waals surface area contributed by atoms with Gasteiger partial charge in [-0.3, -0.25) is 9.69 Å². The van der Waals surface area contributed by atoms with Gasteiger partial charge in [0.25, 0.3) is 0 Å². The first kappa shape index (κ1) is 23.5. The Balaban J connectivity index is 0.000000339. The van der Waals surface area contributed by atoms with E-state index >= 15 is 0 Å². The number of hydrogen-bond donors (Lipinski definition) is 2. The van der Waals surface area contributed by atoms with Crippen molar-refractivity contribution in [2.45, 2.75) is 69.2 Å². The third-order valence-electron chi connectivity index (χ3n) is 6.13. The van der Waals surface area contributed by atoms with Crippen LogP contribution in [0.5, 0.6) is 0 Å². The Bertz CT molecular complexity index is 771. The molecular weight excluding hydrogens is 417 g/mol. The lowest BCUT2D eigenvalue weighted by Gasteiger charge is -2.39. The van der Waals surface area contributed by atoms with Crippen molar-refractivity contribution in [1.29, 1.82) is 0 Å². The highest BCUT2D eigenvalue weighted by Crippen LogP contribution is 2.31. The number of fused-ring (bicyclic) bond motifs is 1. The van der Waals surface area contributed by atoms with Crippen LogP contribution >= 0.6 is 0 Å². The van der Waals surface area contributed by atoms with E-state index < -0.39 is 12.1 Å². The minimum absolute atomic E-state index is 0.107. The van der Waals surface area contributed by atoms with Crippen molar-refractivity contribution in [1.82, 2.24) is 19.8 Å². The first-order chi connectivity index (χ1) is 14.7. The number of amides is 1. The highest BCUT2D eigenvalue weighted by Gasteiger charge is 2.38. The van der Waals surface area contributed by atoms with Crippen molar-refractivity contribution >= 4 is 11.9 Å². The zero-order valence-corrected chi connectivity index (χ0v) is 17.5. The van der Waals surface area contributed by atoms with Crippen LogP contribution in [0.1, 0.15) is 55.8 Å². The molecule has 8 nitrogen and oxygen atoms in total. The molecule has 0 bridgehead atoms. The SMILES string of the molecule is Cn1cnc2c1C(C(=O)NC1CCCC1)CN(C1CCOCC1)C2.O=C(O)C(F)(F)F. The van der Waals surface area contributed by atoms with E-state index in [9.17, 15) is 18.0 Å². The van der Waals surface area contributed by atoms with Gasteiger partial charge in [-0.2, -0.15) is 13.2 Å². The number of hydrogen-bond acceptors (Lipinski definition) is 5. The number of aliphatic carboxylic acids is 1. The van der Waals surface area contributed by atoms with Gasteiger partial charge in [-0.1, -0.05) is 12.8 Å². The van der Waals surface area contributed by atoms with Crippen LogP contribution in [0.2, 0.25) is 0 Å². The van der Waals surface area contributed by atoms with E-state index in [4.69, 9.17) is 14.6 Å². The van der Waals surface area contributed by atoms with Gasteiger partial charge < -0.3 is 19.7 Å². The van der Waals surface area contributed by atoms with E-state index in [0.29, 0.717) is 12.1 Å². The molecule has 1 aromatic heterocycles. The van der Waals surface area contributed by atoms with Crippen molar-refractivity contribution in [2.24, 2.45) is 7.05 Å². The first-order valence-corrected chi connectivity index (χ1v) is 10.6. The number of imidazole rings is 1. The van der Waals surface area contributed by atoms with Gasteiger partial charge in [-0.05, 0) is 25.7 Å². The molecule has 1 saturated carbocycles. The molecular formula is C20H29F3N4O4. The molecule has 3 heterocycles. The smallest absolute Gasteiger partial charge is 0.475 e. The van der Waals surface area contributed by atoms with Crippen molar-refractivity contribution in [3.8, 4) is 0 Å².